The Morgan fingerprint density at radius 1 is 1.43 bits per heavy atom. The van der Waals surface area contributed by atoms with E-state index in [9.17, 15) is 0 Å². The molecule has 5 heteroatoms. The van der Waals surface area contributed by atoms with Gasteiger partial charge in [0, 0.05) is 19.1 Å². The Morgan fingerprint density at radius 3 is 3.00 bits per heavy atom. The summed E-state index contributed by atoms with van der Waals surface area (Å²) in [5, 5.41) is 3.52. The van der Waals surface area contributed by atoms with Crippen LogP contribution in [0.15, 0.2) is 35.2 Å². The van der Waals surface area contributed by atoms with E-state index in [0.29, 0.717) is 6.61 Å². The third-order valence-corrected chi connectivity index (χ3v) is 4.30. The summed E-state index contributed by atoms with van der Waals surface area (Å²) >= 11 is 3.59. The van der Waals surface area contributed by atoms with Crippen LogP contribution in [0, 0.1) is 0 Å². The summed E-state index contributed by atoms with van der Waals surface area (Å²) in [4.78, 5) is 4.15. The SMILES string of the molecule is CCn1cncc1COc1ccc(CNC2CC2)cc1Br. The molecule has 2 aromatic rings. The molecule has 112 valence electrons. The Balaban J connectivity index is 1.59. The van der Waals surface area contributed by atoms with E-state index in [-0.39, 0.29) is 0 Å². The zero-order valence-corrected chi connectivity index (χ0v) is 13.8. The molecule has 1 saturated carbocycles. The van der Waals surface area contributed by atoms with Crippen molar-refractivity contribution in [1.82, 2.24) is 14.9 Å². The zero-order chi connectivity index (χ0) is 14.7. The smallest absolute Gasteiger partial charge is 0.134 e. The molecule has 0 bridgehead atoms. The number of rotatable bonds is 7. The number of aromatic nitrogens is 2. The van der Waals surface area contributed by atoms with Crippen LogP contribution in [-0.2, 0) is 19.7 Å². The van der Waals surface area contributed by atoms with Gasteiger partial charge >= 0.3 is 0 Å². The van der Waals surface area contributed by atoms with Crippen molar-refractivity contribution in [1.29, 1.82) is 0 Å². The number of ether oxygens (including phenoxy) is 1. The first-order valence-corrected chi connectivity index (χ1v) is 8.19. The summed E-state index contributed by atoms with van der Waals surface area (Å²) in [6.07, 6.45) is 6.31. The lowest BCUT2D eigenvalue weighted by Crippen LogP contribution is -2.15. The van der Waals surface area contributed by atoms with Crippen LogP contribution in [0.5, 0.6) is 5.75 Å². The molecular weight excluding hydrogens is 330 g/mol. The number of hydrogen-bond acceptors (Lipinski definition) is 3. The lowest BCUT2D eigenvalue weighted by molar-refractivity contribution is 0.293. The summed E-state index contributed by atoms with van der Waals surface area (Å²) in [7, 11) is 0. The van der Waals surface area contributed by atoms with Crippen molar-refractivity contribution in [2.24, 2.45) is 0 Å². The molecule has 3 rings (SSSR count). The fourth-order valence-electron chi connectivity index (χ4n) is 2.23. The van der Waals surface area contributed by atoms with E-state index in [1.54, 1.807) is 0 Å². The van der Waals surface area contributed by atoms with Gasteiger partial charge in [-0.3, -0.25) is 0 Å². The largest absolute Gasteiger partial charge is 0.486 e. The standard InChI is InChI=1S/C16H20BrN3O/c1-2-20-11-18-9-14(20)10-21-16-6-3-12(7-15(16)17)8-19-13-4-5-13/h3,6-7,9,11,13,19H,2,4-5,8,10H2,1H3. The molecular formula is C16H20BrN3O. The average Bonchev–Trinajstić information content (AvgIpc) is 3.21. The van der Waals surface area contributed by atoms with Gasteiger partial charge in [0.05, 0.1) is 22.7 Å². The molecule has 0 unspecified atom stereocenters. The monoisotopic (exact) mass is 349 g/mol. The van der Waals surface area contributed by atoms with Crippen LogP contribution < -0.4 is 10.1 Å². The fourth-order valence-corrected chi connectivity index (χ4v) is 2.77. The van der Waals surface area contributed by atoms with Gasteiger partial charge in [0.25, 0.3) is 0 Å². The summed E-state index contributed by atoms with van der Waals surface area (Å²) in [5.74, 6) is 0.869. The second kappa shape index (κ2) is 6.62. The molecule has 1 N–H and O–H groups in total. The minimum Gasteiger partial charge on any atom is -0.486 e. The third kappa shape index (κ3) is 3.86. The Bertz CT molecular complexity index is 607. The quantitative estimate of drug-likeness (QED) is 0.831. The zero-order valence-electron chi connectivity index (χ0n) is 12.2. The predicted octanol–water partition coefficient (Wildman–Crippen LogP) is 3.50. The Morgan fingerprint density at radius 2 is 2.29 bits per heavy atom. The number of nitrogens with zero attached hydrogens (tertiary/aromatic N) is 2. The Labute approximate surface area is 133 Å². The number of hydrogen-bond donors (Lipinski definition) is 1. The van der Waals surface area contributed by atoms with Crippen LogP contribution in [0.4, 0.5) is 0 Å². The third-order valence-electron chi connectivity index (χ3n) is 3.68. The molecule has 0 atom stereocenters. The summed E-state index contributed by atoms with van der Waals surface area (Å²) in [6.45, 7) is 4.46. The van der Waals surface area contributed by atoms with E-state index in [2.05, 4.69) is 49.9 Å². The number of nitrogens with one attached hydrogen (secondary N) is 1. The lowest BCUT2D eigenvalue weighted by atomic mass is 10.2. The number of benzene rings is 1. The molecule has 0 aliphatic heterocycles. The molecule has 1 fully saturated rings. The van der Waals surface area contributed by atoms with Gasteiger partial charge in [-0.1, -0.05) is 6.07 Å². The normalized spacial score (nSPS) is 14.4. The maximum Gasteiger partial charge on any atom is 0.134 e. The minimum atomic E-state index is 0.534. The van der Waals surface area contributed by atoms with Crippen LogP contribution in [0.25, 0.3) is 0 Å². The highest BCUT2D eigenvalue weighted by Gasteiger charge is 2.20. The van der Waals surface area contributed by atoms with E-state index in [0.717, 1.165) is 35.0 Å². The van der Waals surface area contributed by atoms with Crippen LogP contribution in [0.3, 0.4) is 0 Å². The van der Waals surface area contributed by atoms with Crippen molar-refractivity contribution < 1.29 is 4.74 Å². The molecule has 1 aliphatic rings. The number of imidazole rings is 1. The second-order valence-corrected chi connectivity index (χ2v) is 6.23. The molecule has 21 heavy (non-hydrogen) atoms. The molecule has 0 spiro atoms. The van der Waals surface area contributed by atoms with Crippen molar-refractivity contribution in [3.8, 4) is 5.75 Å². The minimum absolute atomic E-state index is 0.534. The van der Waals surface area contributed by atoms with E-state index < -0.39 is 0 Å². The van der Waals surface area contributed by atoms with Crippen LogP contribution in [0.2, 0.25) is 0 Å². The van der Waals surface area contributed by atoms with Crippen molar-refractivity contribution in [3.63, 3.8) is 0 Å². The van der Waals surface area contributed by atoms with Crippen molar-refractivity contribution in [2.75, 3.05) is 0 Å². The fraction of sp³-hybridized carbons (Fsp3) is 0.438. The van der Waals surface area contributed by atoms with E-state index in [1.165, 1.54) is 18.4 Å². The van der Waals surface area contributed by atoms with E-state index in [1.807, 2.05) is 18.6 Å². The Kier molecular flexibility index (Phi) is 4.60. The van der Waals surface area contributed by atoms with Crippen LogP contribution >= 0.6 is 15.9 Å². The van der Waals surface area contributed by atoms with Crippen molar-refractivity contribution >= 4 is 15.9 Å². The van der Waals surface area contributed by atoms with Gasteiger partial charge in [-0.05, 0) is 53.4 Å². The first-order chi connectivity index (χ1) is 10.3. The van der Waals surface area contributed by atoms with E-state index in [4.69, 9.17) is 4.74 Å². The van der Waals surface area contributed by atoms with Gasteiger partial charge in [0.2, 0.25) is 0 Å². The second-order valence-electron chi connectivity index (χ2n) is 5.38. The summed E-state index contributed by atoms with van der Waals surface area (Å²) in [5.41, 5.74) is 2.36. The predicted molar refractivity (Wildman–Crippen MR) is 86.2 cm³/mol. The van der Waals surface area contributed by atoms with Gasteiger partial charge in [-0.25, -0.2) is 4.98 Å². The van der Waals surface area contributed by atoms with Crippen molar-refractivity contribution in [2.45, 2.75) is 45.5 Å². The van der Waals surface area contributed by atoms with Crippen molar-refractivity contribution in [3.05, 3.63) is 46.5 Å². The molecule has 0 amide bonds. The highest BCUT2D eigenvalue weighted by molar-refractivity contribution is 9.10. The molecule has 4 nitrogen and oxygen atoms in total. The Hall–Kier alpha value is -1.33. The molecule has 1 aromatic carbocycles. The number of halogens is 1. The summed E-state index contributed by atoms with van der Waals surface area (Å²) < 4.78 is 8.97. The highest BCUT2D eigenvalue weighted by Crippen LogP contribution is 2.27. The molecule has 1 aliphatic carbocycles. The first kappa shape index (κ1) is 14.6. The maximum absolute atomic E-state index is 5.89. The van der Waals surface area contributed by atoms with Gasteiger partial charge in [-0.15, -0.1) is 0 Å². The van der Waals surface area contributed by atoms with Crippen LogP contribution in [0.1, 0.15) is 31.0 Å². The van der Waals surface area contributed by atoms with E-state index >= 15 is 0 Å². The van der Waals surface area contributed by atoms with Gasteiger partial charge in [0.1, 0.15) is 12.4 Å². The number of aryl methyl sites for hydroxylation is 1. The summed E-state index contributed by atoms with van der Waals surface area (Å²) in [6, 6.07) is 7.00. The van der Waals surface area contributed by atoms with Gasteiger partial charge < -0.3 is 14.6 Å². The lowest BCUT2D eigenvalue weighted by Gasteiger charge is -2.11. The molecule has 1 heterocycles. The average molecular weight is 350 g/mol. The highest BCUT2D eigenvalue weighted by atomic mass is 79.9. The van der Waals surface area contributed by atoms with Crippen LogP contribution in [-0.4, -0.2) is 15.6 Å². The van der Waals surface area contributed by atoms with Gasteiger partial charge in [-0.2, -0.15) is 0 Å². The maximum atomic E-state index is 5.89. The molecule has 0 radical (unpaired) electrons. The topological polar surface area (TPSA) is 39.1 Å². The van der Waals surface area contributed by atoms with Gasteiger partial charge in [0.15, 0.2) is 0 Å². The first-order valence-electron chi connectivity index (χ1n) is 7.40. The molecule has 1 aromatic heterocycles. The molecule has 0 saturated heterocycles.